The summed E-state index contributed by atoms with van der Waals surface area (Å²) in [5.41, 5.74) is 1.86. The Balaban J connectivity index is 1.99. The van der Waals surface area contributed by atoms with Gasteiger partial charge in [0.1, 0.15) is 0 Å². The molecule has 0 fully saturated rings. The van der Waals surface area contributed by atoms with Crippen LogP contribution in [0.15, 0.2) is 81.5 Å². The van der Waals surface area contributed by atoms with E-state index in [-0.39, 0.29) is 11.6 Å². The second kappa shape index (κ2) is 9.36. The summed E-state index contributed by atoms with van der Waals surface area (Å²) < 4.78 is 0. The molecule has 0 unspecified atom stereocenters. The molecule has 29 heavy (non-hydrogen) atoms. The van der Waals surface area contributed by atoms with Crippen LogP contribution in [0.4, 0.5) is 17.1 Å². The zero-order valence-corrected chi connectivity index (χ0v) is 16.9. The fourth-order valence-corrected chi connectivity index (χ4v) is 3.67. The third kappa shape index (κ3) is 5.66. The Morgan fingerprint density at radius 2 is 1.90 bits per heavy atom. The molecule has 3 aromatic rings. The lowest BCUT2D eigenvalue weighted by Crippen LogP contribution is -2.06. The fraction of sp³-hybridized carbons (Fsp3) is 0.0476. The first-order valence-corrected chi connectivity index (χ1v) is 9.74. The highest BCUT2D eigenvalue weighted by molar-refractivity contribution is 7.99. The molecule has 1 amide bonds. The Bertz CT molecular complexity index is 1100. The van der Waals surface area contributed by atoms with Crippen LogP contribution < -0.4 is 5.32 Å². The minimum absolute atomic E-state index is 0.0305. The van der Waals surface area contributed by atoms with E-state index >= 15 is 0 Å². The number of benzene rings is 3. The van der Waals surface area contributed by atoms with E-state index in [9.17, 15) is 14.9 Å². The minimum atomic E-state index is -0.448. The maximum absolute atomic E-state index is 11.5. The second-order valence-electron chi connectivity index (χ2n) is 6.00. The molecule has 146 valence electrons. The van der Waals surface area contributed by atoms with Gasteiger partial charge in [-0.05, 0) is 36.4 Å². The van der Waals surface area contributed by atoms with E-state index < -0.39 is 4.92 Å². The molecule has 0 aromatic heterocycles. The summed E-state index contributed by atoms with van der Waals surface area (Å²) in [7, 11) is 0. The fourth-order valence-electron chi connectivity index (χ4n) is 2.51. The number of para-hydroxylation sites is 1. The van der Waals surface area contributed by atoms with Crippen LogP contribution in [0.25, 0.3) is 0 Å². The summed E-state index contributed by atoms with van der Waals surface area (Å²) in [6, 6.07) is 19.0. The van der Waals surface area contributed by atoms with Gasteiger partial charge in [0.25, 0.3) is 5.69 Å². The minimum Gasteiger partial charge on any atom is -0.325 e. The van der Waals surface area contributed by atoms with Crippen molar-refractivity contribution in [3.05, 3.63) is 87.4 Å². The molecule has 0 aliphatic rings. The van der Waals surface area contributed by atoms with Gasteiger partial charge in [-0.15, -0.1) is 0 Å². The van der Waals surface area contributed by atoms with Crippen LogP contribution >= 0.6 is 23.4 Å². The van der Waals surface area contributed by atoms with Gasteiger partial charge in [-0.25, -0.2) is 0 Å². The topological polar surface area (TPSA) is 84.6 Å². The van der Waals surface area contributed by atoms with E-state index in [1.54, 1.807) is 42.6 Å². The highest BCUT2D eigenvalue weighted by atomic mass is 35.5. The number of non-ortho nitro benzene ring substituents is 1. The van der Waals surface area contributed by atoms with Crippen molar-refractivity contribution in [1.82, 2.24) is 0 Å². The molecular formula is C21H16ClN3O3S. The predicted octanol–water partition coefficient (Wildman–Crippen LogP) is 6.11. The molecule has 0 heterocycles. The molecule has 6 nitrogen and oxygen atoms in total. The largest absolute Gasteiger partial charge is 0.325 e. The summed E-state index contributed by atoms with van der Waals surface area (Å²) in [6.07, 6.45) is 1.57. The van der Waals surface area contributed by atoms with Crippen LogP contribution in [0.1, 0.15) is 12.5 Å². The quantitative estimate of drug-likeness (QED) is 0.293. The van der Waals surface area contributed by atoms with E-state index in [1.807, 2.05) is 18.2 Å². The number of carbonyl (C=O) groups is 1. The normalized spacial score (nSPS) is 10.8. The molecule has 8 heteroatoms. The number of carbonyl (C=O) groups excluding carboxylic acids is 1. The highest BCUT2D eigenvalue weighted by Crippen LogP contribution is 2.36. The summed E-state index contributed by atoms with van der Waals surface area (Å²) >= 11 is 7.38. The van der Waals surface area contributed by atoms with Gasteiger partial charge in [0, 0.05) is 45.6 Å². The number of nitrogens with zero attached hydrogens (tertiary/aromatic N) is 2. The molecule has 0 aliphatic heterocycles. The van der Waals surface area contributed by atoms with Crippen LogP contribution in [0.2, 0.25) is 5.02 Å². The van der Waals surface area contributed by atoms with Crippen molar-refractivity contribution in [3.63, 3.8) is 0 Å². The number of amides is 1. The summed E-state index contributed by atoms with van der Waals surface area (Å²) in [4.78, 5) is 28.2. The molecule has 0 bridgehead atoms. The Morgan fingerprint density at radius 1 is 1.10 bits per heavy atom. The number of hydrogen-bond acceptors (Lipinski definition) is 5. The predicted molar refractivity (Wildman–Crippen MR) is 117 cm³/mol. The first kappa shape index (κ1) is 20.6. The van der Waals surface area contributed by atoms with Crippen molar-refractivity contribution in [2.45, 2.75) is 16.7 Å². The Labute approximate surface area is 176 Å². The zero-order chi connectivity index (χ0) is 20.8. The number of rotatable bonds is 6. The molecule has 0 saturated heterocycles. The van der Waals surface area contributed by atoms with Crippen LogP contribution in [0, 0.1) is 10.1 Å². The number of aliphatic imine (C=N–C) groups is 1. The first-order valence-electron chi connectivity index (χ1n) is 8.55. The molecule has 3 aromatic carbocycles. The summed E-state index contributed by atoms with van der Waals surface area (Å²) in [5.74, 6) is -0.176. The second-order valence-corrected chi connectivity index (χ2v) is 7.52. The van der Waals surface area contributed by atoms with Crippen molar-refractivity contribution in [2.24, 2.45) is 4.99 Å². The van der Waals surface area contributed by atoms with Crippen molar-refractivity contribution in [3.8, 4) is 0 Å². The van der Waals surface area contributed by atoms with Gasteiger partial charge >= 0.3 is 0 Å². The number of halogens is 1. The van der Waals surface area contributed by atoms with Crippen LogP contribution in [-0.4, -0.2) is 17.0 Å². The van der Waals surface area contributed by atoms with Gasteiger partial charge in [0.2, 0.25) is 5.91 Å². The summed E-state index contributed by atoms with van der Waals surface area (Å²) in [6.45, 7) is 1.44. The van der Waals surface area contributed by atoms with E-state index in [4.69, 9.17) is 11.6 Å². The Kier molecular flexibility index (Phi) is 6.64. The Hall–Kier alpha value is -3.16. The van der Waals surface area contributed by atoms with Gasteiger partial charge in [-0.2, -0.15) is 0 Å². The van der Waals surface area contributed by atoms with E-state index in [1.165, 1.54) is 30.8 Å². The van der Waals surface area contributed by atoms with Gasteiger partial charge in [-0.3, -0.25) is 19.9 Å². The molecule has 0 radical (unpaired) electrons. The lowest BCUT2D eigenvalue weighted by Gasteiger charge is -2.11. The van der Waals surface area contributed by atoms with Crippen molar-refractivity contribution >= 4 is 52.5 Å². The summed E-state index contributed by atoms with van der Waals surface area (Å²) in [5, 5.41) is 14.6. The molecule has 0 spiro atoms. The molecule has 0 saturated carbocycles. The average Bonchev–Trinajstić information content (AvgIpc) is 2.68. The molecule has 0 aliphatic carbocycles. The highest BCUT2D eigenvalue weighted by Gasteiger charge is 2.13. The lowest BCUT2D eigenvalue weighted by molar-refractivity contribution is -0.384. The third-order valence-electron chi connectivity index (χ3n) is 3.78. The zero-order valence-electron chi connectivity index (χ0n) is 15.3. The smallest absolute Gasteiger partial charge is 0.270 e. The van der Waals surface area contributed by atoms with Crippen molar-refractivity contribution in [1.29, 1.82) is 0 Å². The van der Waals surface area contributed by atoms with Gasteiger partial charge < -0.3 is 5.32 Å². The molecule has 1 N–H and O–H groups in total. The van der Waals surface area contributed by atoms with E-state index in [0.29, 0.717) is 22.0 Å². The number of hydrogen-bond donors (Lipinski definition) is 1. The van der Waals surface area contributed by atoms with Gasteiger partial charge in [0.05, 0.1) is 16.3 Å². The molecule has 0 atom stereocenters. The standard InChI is InChI=1S/C21H16ClN3O3S/c1-14(26)24-19-7-2-3-8-21(19)29-20-10-9-18(25(27)28)11-15(20)13-23-17-6-4-5-16(22)12-17/h2-13H,1H3,(H,24,26). The van der Waals surface area contributed by atoms with Crippen LogP contribution in [0.5, 0.6) is 0 Å². The van der Waals surface area contributed by atoms with Crippen molar-refractivity contribution < 1.29 is 9.72 Å². The maximum atomic E-state index is 11.5. The molecular weight excluding hydrogens is 410 g/mol. The average molecular weight is 426 g/mol. The number of nitro groups is 1. The van der Waals surface area contributed by atoms with Crippen molar-refractivity contribution in [2.75, 3.05) is 5.32 Å². The Morgan fingerprint density at radius 3 is 2.62 bits per heavy atom. The van der Waals surface area contributed by atoms with Crippen LogP contribution in [0.3, 0.4) is 0 Å². The van der Waals surface area contributed by atoms with Gasteiger partial charge in [-0.1, -0.05) is 41.6 Å². The van der Waals surface area contributed by atoms with E-state index in [2.05, 4.69) is 10.3 Å². The monoisotopic (exact) mass is 425 g/mol. The number of anilines is 1. The number of nitro benzene ring substituents is 1. The molecule has 3 rings (SSSR count). The first-order chi connectivity index (χ1) is 13.9. The lowest BCUT2D eigenvalue weighted by atomic mass is 10.2. The number of nitrogens with one attached hydrogen (secondary N) is 1. The van der Waals surface area contributed by atoms with E-state index in [0.717, 1.165) is 9.79 Å². The third-order valence-corrected chi connectivity index (χ3v) is 5.19. The maximum Gasteiger partial charge on any atom is 0.270 e. The van der Waals surface area contributed by atoms with Crippen LogP contribution in [-0.2, 0) is 4.79 Å². The SMILES string of the molecule is CC(=O)Nc1ccccc1Sc1ccc([N+](=O)[O-])cc1C=Nc1cccc(Cl)c1. The van der Waals surface area contributed by atoms with Gasteiger partial charge in [0.15, 0.2) is 0 Å².